The lowest BCUT2D eigenvalue weighted by atomic mass is 10.1. The largest absolute Gasteiger partial charge is 0.468 e. The minimum Gasteiger partial charge on any atom is -0.468 e. The number of pyridine rings is 2. The Bertz CT molecular complexity index is 1030. The van der Waals surface area contributed by atoms with Crippen molar-refractivity contribution in [1.29, 1.82) is 0 Å². The summed E-state index contributed by atoms with van der Waals surface area (Å²) in [5.41, 5.74) is 1.91. The lowest BCUT2D eigenvalue weighted by molar-refractivity contribution is -0.154. The smallest absolute Gasteiger partial charge is 0.422 e. The summed E-state index contributed by atoms with van der Waals surface area (Å²) in [6.07, 6.45) is -1.72. The lowest BCUT2D eigenvalue weighted by Crippen LogP contribution is -2.40. The minimum atomic E-state index is -4.48. The van der Waals surface area contributed by atoms with E-state index in [1.54, 1.807) is 19.1 Å². The quantitative estimate of drug-likeness (QED) is 0.770. The van der Waals surface area contributed by atoms with Crippen LogP contribution < -0.4 is 4.74 Å². The Hall–Kier alpha value is -3.21. The maximum absolute atomic E-state index is 13.0. The van der Waals surface area contributed by atoms with Crippen LogP contribution in [0.4, 0.5) is 13.2 Å². The molecule has 1 fully saturated rings. The van der Waals surface area contributed by atoms with Crippen LogP contribution in [-0.4, -0.2) is 62.1 Å². The van der Waals surface area contributed by atoms with Gasteiger partial charge in [-0.25, -0.2) is 4.98 Å². The zero-order valence-corrected chi connectivity index (χ0v) is 16.5. The van der Waals surface area contributed by atoms with Crippen molar-refractivity contribution in [2.45, 2.75) is 38.3 Å². The summed E-state index contributed by atoms with van der Waals surface area (Å²) in [5.74, 6) is -0.737. The minimum absolute atomic E-state index is 0.0277. The van der Waals surface area contributed by atoms with Crippen molar-refractivity contribution < 1.29 is 32.6 Å². The molecule has 0 aromatic carbocycles. The summed E-state index contributed by atoms with van der Waals surface area (Å²) >= 11 is 0. The number of alkyl halides is 3. The van der Waals surface area contributed by atoms with Crippen molar-refractivity contribution in [3.63, 3.8) is 0 Å². The zero-order chi connectivity index (χ0) is 22.3. The molecular formula is C20H19F3N4O4. The summed E-state index contributed by atoms with van der Waals surface area (Å²) in [6.45, 7) is 0.258. The SMILES string of the molecule is Cc1cc(CN2C(=O)c3ccncc3C2N2CC(O)CC2=O)cnc1OCC(F)(F)F. The van der Waals surface area contributed by atoms with Crippen molar-refractivity contribution in [2.75, 3.05) is 13.2 Å². The summed E-state index contributed by atoms with van der Waals surface area (Å²) in [6, 6.07) is 3.16. The second kappa shape index (κ2) is 7.80. The van der Waals surface area contributed by atoms with Gasteiger partial charge in [-0.2, -0.15) is 13.2 Å². The van der Waals surface area contributed by atoms with Gasteiger partial charge in [0.2, 0.25) is 11.8 Å². The third-order valence-corrected chi connectivity index (χ3v) is 5.16. The van der Waals surface area contributed by atoms with Crippen LogP contribution in [0, 0.1) is 6.92 Å². The predicted molar refractivity (Wildman–Crippen MR) is 99.7 cm³/mol. The highest BCUT2D eigenvalue weighted by atomic mass is 19.4. The molecule has 2 aromatic rings. The molecule has 2 atom stereocenters. The summed E-state index contributed by atoms with van der Waals surface area (Å²) < 4.78 is 41.9. The van der Waals surface area contributed by atoms with Crippen molar-refractivity contribution >= 4 is 11.8 Å². The zero-order valence-electron chi connectivity index (χ0n) is 16.5. The van der Waals surface area contributed by atoms with Crippen LogP contribution in [0.2, 0.25) is 0 Å². The molecule has 4 rings (SSSR count). The average Bonchev–Trinajstić information content (AvgIpc) is 3.16. The second-order valence-corrected chi connectivity index (χ2v) is 7.54. The highest BCUT2D eigenvalue weighted by Gasteiger charge is 2.45. The van der Waals surface area contributed by atoms with Gasteiger partial charge in [-0.3, -0.25) is 14.6 Å². The van der Waals surface area contributed by atoms with E-state index in [9.17, 15) is 27.9 Å². The fraction of sp³-hybridized carbons (Fsp3) is 0.400. The van der Waals surface area contributed by atoms with Crippen LogP contribution in [-0.2, 0) is 11.3 Å². The number of carbonyl (C=O) groups excluding carboxylic acids is 2. The number of hydrogen-bond donors (Lipinski definition) is 1. The number of β-amino-alcohol motifs (C(OH)–C–C–N with tert-alkyl or cyclic N) is 1. The number of rotatable bonds is 5. The number of aryl methyl sites for hydroxylation is 1. The van der Waals surface area contributed by atoms with E-state index in [-0.39, 0.29) is 37.2 Å². The summed E-state index contributed by atoms with van der Waals surface area (Å²) in [4.78, 5) is 36.4. The van der Waals surface area contributed by atoms with E-state index in [0.717, 1.165) is 0 Å². The number of likely N-dealkylation sites (tertiary alicyclic amines) is 1. The number of halogens is 3. The van der Waals surface area contributed by atoms with Crippen molar-refractivity contribution in [1.82, 2.24) is 19.8 Å². The Morgan fingerprint density at radius 3 is 2.71 bits per heavy atom. The van der Waals surface area contributed by atoms with Gasteiger partial charge in [-0.05, 0) is 24.6 Å². The maximum atomic E-state index is 13.0. The van der Waals surface area contributed by atoms with Crippen LogP contribution in [0.25, 0.3) is 0 Å². The highest BCUT2D eigenvalue weighted by Crippen LogP contribution is 2.39. The normalized spacial score (nSPS) is 21.1. The first-order chi connectivity index (χ1) is 14.6. The van der Waals surface area contributed by atoms with Gasteiger partial charge in [-0.1, -0.05) is 0 Å². The van der Waals surface area contributed by atoms with Crippen LogP contribution in [0.3, 0.4) is 0 Å². The van der Waals surface area contributed by atoms with Crippen LogP contribution >= 0.6 is 0 Å². The molecule has 8 nitrogen and oxygen atoms in total. The fourth-order valence-corrected chi connectivity index (χ4v) is 3.89. The molecule has 0 spiro atoms. The number of hydrogen-bond acceptors (Lipinski definition) is 6. The molecule has 1 N–H and O–H groups in total. The number of aliphatic hydroxyl groups is 1. The van der Waals surface area contributed by atoms with E-state index in [2.05, 4.69) is 9.97 Å². The molecule has 11 heteroatoms. The van der Waals surface area contributed by atoms with E-state index in [0.29, 0.717) is 22.3 Å². The van der Waals surface area contributed by atoms with Crippen molar-refractivity contribution in [2.24, 2.45) is 0 Å². The Kier molecular flexibility index (Phi) is 5.29. The van der Waals surface area contributed by atoms with Crippen molar-refractivity contribution in [3.8, 4) is 5.88 Å². The number of carbonyl (C=O) groups is 2. The Morgan fingerprint density at radius 1 is 1.29 bits per heavy atom. The standard InChI is InChI=1S/C20H19F3N4O4/c1-11-4-12(6-25-17(11)31-10-20(21,22)23)8-27-18(26-9-13(28)5-16(26)29)15-7-24-3-2-14(15)19(27)30/h2-4,6-7,13,18,28H,5,8-10H2,1H3. The van der Waals surface area contributed by atoms with Gasteiger partial charge < -0.3 is 19.6 Å². The molecule has 2 unspecified atom stereocenters. The third-order valence-electron chi connectivity index (χ3n) is 5.16. The number of ether oxygens (including phenoxy) is 1. The first kappa shape index (κ1) is 21.0. The lowest BCUT2D eigenvalue weighted by Gasteiger charge is -2.33. The molecule has 0 aliphatic carbocycles. The molecule has 4 heterocycles. The average molecular weight is 436 g/mol. The van der Waals surface area contributed by atoms with Gasteiger partial charge in [0.25, 0.3) is 5.91 Å². The van der Waals surface area contributed by atoms with Crippen LogP contribution in [0.1, 0.15) is 39.6 Å². The van der Waals surface area contributed by atoms with Gasteiger partial charge in [0.05, 0.1) is 12.5 Å². The molecule has 1 saturated heterocycles. The third kappa shape index (κ3) is 4.18. The maximum Gasteiger partial charge on any atom is 0.422 e. The van der Waals surface area contributed by atoms with Crippen LogP contribution in [0.5, 0.6) is 5.88 Å². The molecule has 2 aliphatic rings. The Labute approximate surface area is 175 Å². The van der Waals surface area contributed by atoms with Gasteiger partial charge >= 0.3 is 6.18 Å². The monoisotopic (exact) mass is 436 g/mol. The van der Waals surface area contributed by atoms with E-state index >= 15 is 0 Å². The molecule has 164 valence electrons. The number of amides is 2. The van der Waals surface area contributed by atoms with E-state index in [1.807, 2.05) is 0 Å². The first-order valence-corrected chi connectivity index (χ1v) is 9.51. The summed E-state index contributed by atoms with van der Waals surface area (Å²) in [5, 5.41) is 9.91. The number of nitrogens with zero attached hydrogens (tertiary/aromatic N) is 4. The second-order valence-electron chi connectivity index (χ2n) is 7.54. The molecule has 0 radical (unpaired) electrons. The van der Waals surface area contributed by atoms with Crippen molar-refractivity contribution in [3.05, 3.63) is 53.0 Å². The molecular weight excluding hydrogens is 417 g/mol. The van der Waals surface area contributed by atoms with Gasteiger partial charge in [0, 0.05) is 48.4 Å². The predicted octanol–water partition coefficient (Wildman–Crippen LogP) is 1.97. The molecule has 2 aliphatic heterocycles. The fourth-order valence-electron chi connectivity index (χ4n) is 3.89. The molecule has 2 aromatic heterocycles. The first-order valence-electron chi connectivity index (χ1n) is 9.51. The van der Waals surface area contributed by atoms with Gasteiger partial charge in [0.15, 0.2) is 6.61 Å². The number of aliphatic hydroxyl groups excluding tert-OH is 1. The Balaban J connectivity index is 1.60. The highest BCUT2D eigenvalue weighted by molar-refractivity contribution is 5.99. The topological polar surface area (TPSA) is 95.9 Å². The number of fused-ring (bicyclic) bond motifs is 1. The molecule has 0 saturated carbocycles. The molecule has 31 heavy (non-hydrogen) atoms. The van der Waals surface area contributed by atoms with Gasteiger partial charge in [0.1, 0.15) is 6.17 Å². The van der Waals surface area contributed by atoms with E-state index < -0.39 is 25.1 Å². The van der Waals surface area contributed by atoms with Gasteiger partial charge in [-0.15, -0.1) is 0 Å². The van der Waals surface area contributed by atoms with Crippen LogP contribution in [0.15, 0.2) is 30.7 Å². The summed E-state index contributed by atoms with van der Waals surface area (Å²) in [7, 11) is 0. The molecule has 0 bridgehead atoms. The number of aromatic nitrogens is 2. The molecule has 2 amide bonds. The van der Waals surface area contributed by atoms with E-state index in [4.69, 9.17) is 4.74 Å². The van der Waals surface area contributed by atoms with E-state index in [1.165, 1.54) is 28.4 Å². The Morgan fingerprint density at radius 2 is 2.06 bits per heavy atom.